The van der Waals surface area contributed by atoms with E-state index in [9.17, 15) is 4.79 Å². The molecule has 0 aromatic carbocycles. The molecule has 1 unspecified atom stereocenters. The molecule has 2 heterocycles. The highest BCUT2D eigenvalue weighted by molar-refractivity contribution is 7.11. The average Bonchev–Trinajstić information content (AvgIpc) is 2.88. The summed E-state index contributed by atoms with van der Waals surface area (Å²) in [5, 5.41) is 13.1. The molecule has 0 aliphatic rings. The van der Waals surface area contributed by atoms with Gasteiger partial charge in [0.25, 0.3) is 0 Å². The molecule has 5 nitrogen and oxygen atoms in total. The first kappa shape index (κ1) is 13.5. The maximum absolute atomic E-state index is 11.1. The molecule has 2 N–H and O–H groups in total. The Labute approximate surface area is 115 Å². The quantitative estimate of drug-likeness (QED) is 0.878. The van der Waals surface area contributed by atoms with Crippen molar-refractivity contribution < 1.29 is 9.90 Å². The van der Waals surface area contributed by atoms with E-state index < -0.39 is 5.97 Å². The predicted octanol–water partition coefficient (Wildman–Crippen LogP) is 2.97. The SMILES string of the molecule is CCc1cnc(C(C)Nc2ncccc2C(=O)O)s1. The number of anilines is 1. The lowest BCUT2D eigenvalue weighted by Gasteiger charge is -2.13. The molecule has 0 saturated heterocycles. The third kappa shape index (κ3) is 3.08. The minimum absolute atomic E-state index is 0.0710. The molecule has 0 aliphatic carbocycles. The molecule has 0 fully saturated rings. The lowest BCUT2D eigenvalue weighted by atomic mass is 10.2. The zero-order valence-corrected chi connectivity index (χ0v) is 11.6. The first-order valence-corrected chi connectivity index (χ1v) is 6.83. The molecule has 19 heavy (non-hydrogen) atoms. The Morgan fingerprint density at radius 1 is 1.53 bits per heavy atom. The summed E-state index contributed by atoms with van der Waals surface area (Å²) in [6.07, 6.45) is 4.38. The van der Waals surface area contributed by atoms with Crippen LogP contribution in [0.4, 0.5) is 5.82 Å². The first-order valence-electron chi connectivity index (χ1n) is 6.01. The highest BCUT2D eigenvalue weighted by Gasteiger charge is 2.15. The predicted molar refractivity (Wildman–Crippen MR) is 74.7 cm³/mol. The highest BCUT2D eigenvalue weighted by Crippen LogP contribution is 2.24. The number of pyridine rings is 1. The van der Waals surface area contributed by atoms with Gasteiger partial charge in [-0.25, -0.2) is 14.8 Å². The topological polar surface area (TPSA) is 75.1 Å². The normalized spacial score (nSPS) is 12.1. The maximum Gasteiger partial charge on any atom is 0.339 e. The Hall–Kier alpha value is -1.95. The lowest BCUT2D eigenvalue weighted by Crippen LogP contribution is -2.11. The molecular formula is C13H15N3O2S. The Balaban J connectivity index is 2.19. The monoisotopic (exact) mass is 277 g/mol. The van der Waals surface area contributed by atoms with Gasteiger partial charge in [-0.1, -0.05) is 6.92 Å². The fourth-order valence-electron chi connectivity index (χ4n) is 1.65. The van der Waals surface area contributed by atoms with Crippen molar-refractivity contribution in [2.75, 3.05) is 5.32 Å². The summed E-state index contributed by atoms with van der Waals surface area (Å²) in [7, 11) is 0. The van der Waals surface area contributed by atoms with Gasteiger partial charge in [0.05, 0.1) is 6.04 Å². The van der Waals surface area contributed by atoms with Crippen LogP contribution in [0.3, 0.4) is 0 Å². The molecule has 1 atom stereocenters. The van der Waals surface area contributed by atoms with E-state index in [1.807, 2.05) is 13.1 Å². The summed E-state index contributed by atoms with van der Waals surface area (Å²) in [6.45, 7) is 4.02. The van der Waals surface area contributed by atoms with Gasteiger partial charge < -0.3 is 10.4 Å². The van der Waals surface area contributed by atoms with Crippen LogP contribution in [0.1, 0.15) is 40.1 Å². The van der Waals surface area contributed by atoms with Crippen LogP contribution in [0.2, 0.25) is 0 Å². The number of rotatable bonds is 5. The van der Waals surface area contributed by atoms with Crippen LogP contribution in [0, 0.1) is 0 Å². The van der Waals surface area contributed by atoms with Gasteiger partial charge in [-0.15, -0.1) is 11.3 Å². The number of hydrogen-bond acceptors (Lipinski definition) is 5. The molecule has 100 valence electrons. The summed E-state index contributed by atoms with van der Waals surface area (Å²) in [5.74, 6) is -0.619. The smallest absolute Gasteiger partial charge is 0.339 e. The van der Waals surface area contributed by atoms with Crippen LogP contribution in [0.5, 0.6) is 0 Å². The van der Waals surface area contributed by atoms with E-state index in [0.29, 0.717) is 5.82 Å². The van der Waals surface area contributed by atoms with Gasteiger partial charge in [-0.2, -0.15) is 0 Å². The summed E-state index contributed by atoms with van der Waals surface area (Å²) >= 11 is 1.63. The number of carboxylic acids is 1. The molecule has 2 aromatic rings. The van der Waals surface area contributed by atoms with Crippen molar-refractivity contribution in [3.05, 3.63) is 40.0 Å². The number of nitrogens with zero attached hydrogens (tertiary/aromatic N) is 2. The Kier molecular flexibility index (Phi) is 4.11. The van der Waals surface area contributed by atoms with Gasteiger partial charge in [0.1, 0.15) is 16.4 Å². The summed E-state index contributed by atoms with van der Waals surface area (Å²) < 4.78 is 0. The minimum Gasteiger partial charge on any atom is -0.478 e. The summed E-state index contributed by atoms with van der Waals surface area (Å²) in [6, 6.07) is 3.07. The van der Waals surface area contributed by atoms with Crippen molar-refractivity contribution in [2.45, 2.75) is 26.3 Å². The standard InChI is InChI=1S/C13H15N3O2S/c1-3-9-7-15-12(19-9)8(2)16-11-10(13(17)18)5-4-6-14-11/h4-8H,3H2,1-2H3,(H,14,16)(H,17,18). The van der Waals surface area contributed by atoms with E-state index in [0.717, 1.165) is 11.4 Å². The number of thiazole rings is 1. The second kappa shape index (κ2) is 5.79. The van der Waals surface area contributed by atoms with Crippen molar-refractivity contribution in [3.63, 3.8) is 0 Å². The van der Waals surface area contributed by atoms with Crippen LogP contribution in [0.15, 0.2) is 24.5 Å². The van der Waals surface area contributed by atoms with Crippen LogP contribution < -0.4 is 5.32 Å². The second-order valence-electron chi connectivity index (χ2n) is 4.09. The number of carbonyl (C=O) groups is 1. The molecule has 2 rings (SSSR count). The Morgan fingerprint density at radius 3 is 2.95 bits per heavy atom. The van der Waals surface area contributed by atoms with Gasteiger partial charge in [-0.05, 0) is 25.5 Å². The van der Waals surface area contributed by atoms with Gasteiger partial charge in [0.2, 0.25) is 0 Å². The zero-order valence-electron chi connectivity index (χ0n) is 10.8. The largest absolute Gasteiger partial charge is 0.478 e. The third-order valence-electron chi connectivity index (χ3n) is 2.68. The van der Waals surface area contributed by atoms with Crippen molar-refractivity contribution in [1.82, 2.24) is 9.97 Å². The van der Waals surface area contributed by atoms with E-state index in [2.05, 4.69) is 22.2 Å². The van der Waals surface area contributed by atoms with E-state index in [1.165, 1.54) is 10.9 Å². The Morgan fingerprint density at radius 2 is 2.32 bits per heavy atom. The van der Waals surface area contributed by atoms with Gasteiger partial charge in [-0.3, -0.25) is 0 Å². The molecule has 6 heteroatoms. The second-order valence-corrected chi connectivity index (χ2v) is 5.24. The number of aromatic carboxylic acids is 1. The lowest BCUT2D eigenvalue weighted by molar-refractivity contribution is 0.0697. The molecule has 0 radical (unpaired) electrons. The van der Waals surface area contributed by atoms with E-state index >= 15 is 0 Å². The molecule has 0 amide bonds. The van der Waals surface area contributed by atoms with Gasteiger partial charge in [0.15, 0.2) is 0 Å². The van der Waals surface area contributed by atoms with Crippen molar-refractivity contribution >= 4 is 23.1 Å². The van der Waals surface area contributed by atoms with Crippen LogP contribution in [-0.2, 0) is 6.42 Å². The highest BCUT2D eigenvalue weighted by atomic mass is 32.1. The molecular weight excluding hydrogens is 262 g/mol. The van der Waals surface area contributed by atoms with E-state index in [4.69, 9.17) is 5.11 Å². The third-order valence-corrected chi connectivity index (χ3v) is 4.01. The van der Waals surface area contributed by atoms with E-state index in [-0.39, 0.29) is 11.6 Å². The van der Waals surface area contributed by atoms with Crippen LogP contribution >= 0.6 is 11.3 Å². The fourth-order valence-corrected chi connectivity index (χ4v) is 2.51. The first-order chi connectivity index (χ1) is 9.11. The Bertz CT molecular complexity index is 583. The number of hydrogen-bond donors (Lipinski definition) is 2. The maximum atomic E-state index is 11.1. The van der Waals surface area contributed by atoms with Gasteiger partial charge >= 0.3 is 5.97 Å². The fraction of sp³-hybridized carbons (Fsp3) is 0.308. The molecule has 0 aliphatic heterocycles. The van der Waals surface area contributed by atoms with Crippen LogP contribution in [0.25, 0.3) is 0 Å². The number of aryl methyl sites for hydroxylation is 1. The van der Waals surface area contributed by atoms with Gasteiger partial charge in [0, 0.05) is 17.3 Å². The number of aromatic nitrogens is 2. The molecule has 2 aromatic heterocycles. The molecule has 0 spiro atoms. The number of nitrogens with one attached hydrogen (secondary N) is 1. The molecule has 0 bridgehead atoms. The average molecular weight is 277 g/mol. The van der Waals surface area contributed by atoms with Crippen molar-refractivity contribution in [1.29, 1.82) is 0 Å². The van der Waals surface area contributed by atoms with Crippen molar-refractivity contribution in [3.8, 4) is 0 Å². The zero-order chi connectivity index (χ0) is 13.8. The molecule has 0 saturated carbocycles. The van der Waals surface area contributed by atoms with E-state index in [1.54, 1.807) is 23.6 Å². The van der Waals surface area contributed by atoms with Crippen molar-refractivity contribution in [2.24, 2.45) is 0 Å². The van der Waals surface area contributed by atoms with Crippen LogP contribution in [-0.4, -0.2) is 21.0 Å². The number of carboxylic acid groups (broad SMARTS) is 1. The summed E-state index contributed by atoms with van der Waals surface area (Å²) in [4.78, 5) is 20.7. The summed E-state index contributed by atoms with van der Waals surface area (Å²) in [5.41, 5.74) is 0.168. The minimum atomic E-state index is -0.990.